The van der Waals surface area contributed by atoms with E-state index >= 15 is 0 Å². The summed E-state index contributed by atoms with van der Waals surface area (Å²) in [6.07, 6.45) is 4.85. The Hall–Kier alpha value is -1.30. The summed E-state index contributed by atoms with van der Waals surface area (Å²) in [5, 5.41) is 2.96. The number of nitrogens with two attached hydrogens (primary N) is 1. The van der Waals surface area contributed by atoms with E-state index in [9.17, 15) is 9.59 Å². The fraction of sp³-hybridized carbons (Fsp3) is 0.500. The maximum absolute atomic E-state index is 11.9. The summed E-state index contributed by atoms with van der Waals surface area (Å²) < 4.78 is 0.852. The fourth-order valence-corrected chi connectivity index (χ4v) is 2.63. The molecule has 5 nitrogen and oxygen atoms in total. The summed E-state index contributed by atoms with van der Waals surface area (Å²) in [5.74, 6) is -0.367. The second-order valence-corrected chi connectivity index (χ2v) is 5.57. The van der Waals surface area contributed by atoms with Crippen LogP contribution in [0, 0.1) is 5.92 Å². The molecule has 1 fully saturated rings. The molecule has 1 aliphatic carbocycles. The van der Waals surface area contributed by atoms with Gasteiger partial charge in [0.2, 0.25) is 5.91 Å². The Kier molecular flexibility index (Phi) is 4.06. The van der Waals surface area contributed by atoms with Crippen LogP contribution in [0.25, 0.3) is 0 Å². The molecular weight excluding hydrogens is 298 g/mol. The summed E-state index contributed by atoms with van der Waals surface area (Å²) in [4.78, 5) is 25.8. The zero-order valence-corrected chi connectivity index (χ0v) is 11.5. The van der Waals surface area contributed by atoms with E-state index in [1.807, 2.05) is 0 Å². The molecule has 1 aromatic rings. The fourth-order valence-electron chi connectivity index (χ4n) is 2.28. The number of aromatic nitrogens is 1. The third-order valence-corrected chi connectivity index (χ3v) is 3.82. The molecule has 0 radical (unpaired) electrons. The molecule has 0 spiro atoms. The lowest BCUT2D eigenvalue weighted by molar-refractivity contribution is -0.122. The first-order chi connectivity index (χ1) is 8.56. The van der Waals surface area contributed by atoms with Crippen LogP contribution in [0.1, 0.15) is 36.2 Å². The number of nitrogens with one attached hydrogen (secondary N) is 2. The van der Waals surface area contributed by atoms with Crippen molar-refractivity contribution in [3.8, 4) is 0 Å². The number of hydrogen-bond acceptors (Lipinski definition) is 2. The van der Waals surface area contributed by atoms with Crippen molar-refractivity contribution in [2.75, 3.05) is 0 Å². The van der Waals surface area contributed by atoms with Gasteiger partial charge in [-0.25, -0.2) is 0 Å². The summed E-state index contributed by atoms with van der Waals surface area (Å²) >= 11 is 3.29. The lowest BCUT2D eigenvalue weighted by Gasteiger charge is -2.27. The van der Waals surface area contributed by atoms with Crippen LogP contribution < -0.4 is 11.1 Å². The summed E-state index contributed by atoms with van der Waals surface area (Å²) in [6.45, 7) is 0. The van der Waals surface area contributed by atoms with Crippen molar-refractivity contribution in [2.24, 2.45) is 11.7 Å². The van der Waals surface area contributed by atoms with Crippen LogP contribution >= 0.6 is 15.9 Å². The minimum absolute atomic E-state index is 0.0298. The first-order valence-electron chi connectivity index (χ1n) is 6.00. The van der Waals surface area contributed by atoms with Gasteiger partial charge in [0.15, 0.2) is 0 Å². The van der Waals surface area contributed by atoms with Crippen molar-refractivity contribution in [1.29, 1.82) is 0 Å². The van der Waals surface area contributed by atoms with E-state index in [0.717, 1.165) is 30.2 Å². The Balaban J connectivity index is 1.85. The van der Waals surface area contributed by atoms with E-state index < -0.39 is 0 Å². The van der Waals surface area contributed by atoms with Crippen molar-refractivity contribution < 1.29 is 9.59 Å². The number of carbonyl (C=O) groups excluding carboxylic acids is 2. The average molecular weight is 314 g/mol. The van der Waals surface area contributed by atoms with E-state index in [0.29, 0.717) is 5.69 Å². The Morgan fingerprint density at radius 2 is 2.00 bits per heavy atom. The van der Waals surface area contributed by atoms with Gasteiger partial charge in [0.25, 0.3) is 5.91 Å². The summed E-state index contributed by atoms with van der Waals surface area (Å²) in [5.41, 5.74) is 5.81. The van der Waals surface area contributed by atoms with Gasteiger partial charge in [-0.3, -0.25) is 9.59 Å². The highest BCUT2D eigenvalue weighted by Gasteiger charge is 2.25. The maximum atomic E-state index is 11.9. The van der Waals surface area contributed by atoms with Gasteiger partial charge >= 0.3 is 0 Å². The van der Waals surface area contributed by atoms with E-state index in [4.69, 9.17) is 5.73 Å². The Bertz CT molecular complexity index is 450. The molecule has 0 aliphatic heterocycles. The minimum Gasteiger partial charge on any atom is -0.369 e. The second-order valence-electron chi connectivity index (χ2n) is 4.66. The van der Waals surface area contributed by atoms with Gasteiger partial charge in [0.05, 0.1) is 0 Å². The molecule has 0 unspecified atom stereocenters. The third kappa shape index (κ3) is 3.13. The number of rotatable bonds is 3. The van der Waals surface area contributed by atoms with Crippen molar-refractivity contribution >= 4 is 27.7 Å². The standard InChI is InChI=1S/C12H16BrN3O2/c13-8-5-10(15-6-8)12(18)16-9-3-1-7(2-4-9)11(14)17/h5-7,9,15H,1-4H2,(H2,14,17)(H,16,18). The SMILES string of the molecule is NC(=O)C1CCC(NC(=O)c2cc(Br)c[nH]2)CC1. The zero-order chi connectivity index (χ0) is 13.1. The molecule has 1 aromatic heterocycles. The van der Waals surface area contributed by atoms with E-state index in [2.05, 4.69) is 26.2 Å². The summed E-state index contributed by atoms with van der Waals surface area (Å²) in [7, 11) is 0. The van der Waals surface area contributed by atoms with Crippen LogP contribution in [0.15, 0.2) is 16.7 Å². The minimum atomic E-state index is -0.229. The number of amides is 2. The Morgan fingerprint density at radius 3 is 2.50 bits per heavy atom. The Labute approximate surface area is 114 Å². The molecule has 2 rings (SSSR count). The lowest BCUT2D eigenvalue weighted by atomic mass is 9.85. The van der Waals surface area contributed by atoms with Gasteiger partial charge in [-0.2, -0.15) is 0 Å². The largest absolute Gasteiger partial charge is 0.369 e. The predicted molar refractivity (Wildman–Crippen MR) is 70.9 cm³/mol. The molecule has 0 bridgehead atoms. The molecule has 1 aliphatic rings. The van der Waals surface area contributed by atoms with E-state index in [1.165, 1.54) is 0 Å². The van der Waals surface area contributed by atoms with Crippen LogP contribution in [-0.2, 0) is 4.79 Å². The molecule has 1 saturated carbocycles. The van der Waals surface area contributed by atoms with Crippen LogP contribution in [0.3, 0.4) is 0 Å². The molecule has 2 amide bonds. The smallest absolute Gasteiger partial charge is 0.267 e. The van der Waals surface area contributed by atoms with Gasteiger partial charge in [0.1, 0.15) is 5.69 Å². The topological polar surface area (TPSA) is 88.0 Å². The predicted octanol–water partition coefficient (Wildman–Crippen LogP) is 1.55. The molecule has 0 atom stereocenters. The number of halogens is 1. The molecule has 0 aromatic carbocycles. The van der Waals surface area contributed by atoms with Crippen molar-refractivity contribution in [3.63, 3.8) is 0 Å². The van der Waals surface area contributed by atoms with Gasteiger partial charge in [0, 0.05) is 22.6 Å². The Morgan fingerprint density at radius 1 is 1.33 bits per heavy atom. The molecule has 1 heterocycles. The highest BCUT2D eigenvalue weighted by molar-refractivity contribution is 9.10. The van der Waals surface area contributed by atoms with Gasteiger partial charge in [-0.05, 0) is 47.7 Å². The number of aromatic amines is 1. The van der Waals surface area contributed by atoms with Gasteiger partial charge in [-0.15, -0.1) is 0 Å². The number of carbonyl (C=O) groups is 2. The van der Waals surface area contributed by atoms with Gasteiger partial charge < -0.3 is 16.0 Å². The normalized spacial score (nSPS) is 23.6. The van der Waals surface area contributed by atoms with Crippen molar-refractivity contribution in [2.45, 2.75) is 31.7 Å². The van der Waals surface area contributed by atoms with Crippen LogP contribution in [-0.4, -0.2) is 22.8 Å². The molecule has 4 N–H and O–H groups in total. The van der Waals surface area contributed by atoms with Crippen molar-refractivity contribution in [3.05, 3.63) is 22.4 Å². The number of H-pyrrole nitrogens is 1. The number of primary amides is 1. The quantitative estimate of drug-likeness (QED) is 0.790. The zero-order valence-electron chi connectivity index (χ0n) is 9.91. The lowest BCUT2D eigenvalue weighted by Crippen LogP contribution is -2.39. The number of hydrogen-bond donors (Lipinski definition) is 3. The maximum Gasteiger partial charge on any atom is 0.267 e. The molecule has 98 valence electrons. The van der Waals surface area contributed by atoms with E-state index in [1.54, 1.807) is 12.3 Å². The van der Waals surface area contributed by atoms with Gasteiger partial charge in [-0.1, -0.05) is 0 Å². The van der Waals surface area contributed by atoms with Crippen LogP contribution in [0.4, 0.5) is 0 Å². The second kappa shape index (κ2) is 5.56. The summed E-state index contributed by atoms with van der Waals surface area (Å²) in [6, 6.07) is 1.87. The molecular formula is C12H16BrN3O2. The molecule has 0 saturated heterocycles. The van der Waals surface area contributed by atoms with E-state index in [-0.39, 0.29) is 23.8 Å². The first-order valence-corrected chi connectivity index (χ1v) is 6.79. The van der Waals surface area contributed by atoms with Crippen LogP contribution in [0.5, 0.6) is 0 Å². The average Bonchev–Trinajstić information content (AvgIpc) is 2.76. The molecule has 6 heteroatoms. The monoisotopic (exact) mass is 313 g/mol. The van der Waals surface area contributed by atoms with Crippen LogP contribution in [0.2, 0.25) is 0 Å². The molecule has 18 heavy (non-hydrogen) atoms. The first kappa shape index (κ1) is 13.1. The third-order valence-electron chi connectivity index (χ3n) is 3.36. The highest BCUT2D eigenvalue weighted by Crippen LogP contribution is 2.24. The van der Waals surface area contributed by atoms with Crippen molar-refractivity contribution in [1.82, 2.24) is 10.3 Å². The highest BCUT2D eigenvalue weighted by atomic mass is 79.9.